The first-order valence-corrected chi connectivity index (χ1v) is 9.54. The average Bonchev–Trinajstić information content (AvgIpc) is 2.76. The Labute approximate surface area is 169 Å². The van der Waals surface area contributed by atoms with Gasteiger partial charge in [0.05, 0.1) is 0 Å². The maximum Gasteiger partial charge on any atom is 0.274 e. The Morgan fingerprint density at radius 1 is 0.966 bits per heavy atom. The summed E-state index contributed by atoms with van der Waals surface area (Å²) in [6.45, 7) is 5.04. The first kappa shape index (κ1) is 18.9. The lowest BCUT2D eigenvalue weighted by atomic mass is 10.2. The summed E-state index contributed by atoms with van der Waals surface area (Å²) in [4.78, 5) is 25.4. The molecule has 1 aliphatic heterocycles. The molecule has 1 N–H and O–H groups in total. The maximum atomic E-state index is 13.1. The number of nitrogens with one attached hydrogen (secondary N) is 1. The Hall–Kier alpha value is -3.48. The molecule has 4 rings (SSSR count). The van der Waals surface area contributed by atoms with Crippen molar-refractivity contribution in [3.63, 3.8) is 0 Å². The fraction of sp³-hybridized carbons (Fsp3) is 0.227. The van der Waals surface area contributed by atoms with Gasteiger partial charge in [-0.15, -0.1) is 0 Å². The molecule has 0 aliphatic carbocycles. The smallest absolute Gasteiger partial charge is 0.274 e. The molecule has 0 bridgehead atoms. The third-order valence-electron chi connectivity index (χ3n) is 5.07. The molecule has 0 unspecified atom stereocenters. The fourth-order valence-electron chi connectivity index (χ4n) is 3.39. The molecular formula is C22H22FN5O. The summed E-state index contributed by atoms with van der Waals surface area (Å²) in [5.41, 5.74) is 3.10. The van der Waals surface area contributed by atoms with E-state index in [0.717, 1.165) is 48.9 Å². The van der Waals surface area contributed by atoms with Crippen LogP contribution in [0.25, 0.3) is 0 Å². The number of para-hydroxylation sites is 1. The second-order valence-corrected chi connectivity index (χ2v) is 6.98. The zero-order valence-corrected chi connectivity index (χ0v) is 16.2. The molecule has 148 valence electrons. The molecule has 1 fully saturated rings. The predicted octanol–water partition coefficient (Wildman–Crippen LogP) is 3.50. The minimum Gasteiger partial charge on any atom is -0.368 e. The van der Waals surface area contributed by atoms with Crippen molar-refractivity contribution in [2.75, 3.05) is 41.3 Å². The van der Waals surface area contributed by atoms with Gasteiger partial charge in [0, 0.05) is 43.6 Å². The van der Waals surface area contributed by atoms with Crippen molar-refractivity contribution in [3.8, 4) is 0 Å². The Morgan fingerprint density at radius 3 is 2.38 bits per heavy atom. The summed E-state index contributed by atoms with van der Waals surface area (Å²) in [6.07, 6.45) is 1.43. The van der Waals surface area contributed by atoms with Gasteiger partial charge >= 0.3 is 0 Å². The van der Waals surface area contributed by atoms with Crippen LogP contribution < -0.4 is 15.1 Å². The number of halogens is 1. The van der Waals surface area contributed by atoms with E-state index in [-0.39, 0.29) is 11.7 Å². The van der Waals surface area contributed by atoms with Crippen LogP contribution >= 0.6 is 0 Å². The van der Waals surface area contributed by atoms with Gasteiger partial charge in [-0.05, 0) is 42.8 Å². The Bertz CT molecular complexity index is 1000. The van der Waals surface area contributed by atoms with Crippen LogP contribution in [0.15, 0.2) is 60.9 Å². The van der Waals surface area contributed by atoms with Crippen LogP contribution in [0.4, 0.5) is 21.6 Å². The summed E-state index contributed by atoms with van der Waals surface area (Å²) < 4.78 is 13.1. The van der Waals surface area contributed by atoms with E-state index in [0.29, 0.717) is 5.69 Å². The Kier molecular flexibility index (Phi) is 5.37. The van der Waals surface area contributed by atoms with Gasteiger partial charge in [0.1, 0.15) is 23.7 Å². The van der Waals surface area contributed by atoms with Crippen LogP contribution in [0.5, 0.6) is 0 Å². The number of carbonyl (C=O) groups excluding carboxylic acids is 1. The van der Waals surface area contributed by atoms with Crippen LogP contribution in [-0.4, -0.2) is 42.1 Å². The van der Waals surface area contributed by atoms with E-state index in [9.17, 15) is 9.18 Å². The largest absolute Gasteiger partial charge is 0.368 e. The second kappa shape index (κ2) is 8.26. The van der Waals surface area contributed by atoms with Crippen LogP contribution in [0.2, 0.25) is 0 Å². The molecule has 0 spiro atoms. The van der Waals surface area contributed by atoms with Crippen molar-refractivity contribution in [2.24, 2.45) is 0 Å². The van der Waals surface area contributed by atoms with E-state index in [1.165, 1.54) is 18.5 Å². The van der Waals surface area contributed by atoms with Crippen molar-refractivity contribution < 1.29 is 9.18 Å². The van der Waals surface area contributed by atoms with Crippen LogP contribution in [0.1, 0.15) is 16.1 Å². The molecule has 0 saturated carbocycles. The lowest BCUT2D eigenvalue weighted by molar-refractivity contribution is 0.102. The highest BCUT2D eigenvalue weighted by Gasteiger charge is 2.20. The second-order valence-electron chi connectivity index (χ2n) is 6.98. The number of amides is 1. The number of anilines is 3. The quantitative estimate of drug-likeness (QED) is 0.738. The van der Waals surface area contributed by atoms with E-state index in [1.807, 2.05) is 31.2 Å². The van der Waals surface area contributed by atoms with Crippen LogP contribution in [-0.2, 0) is 0 Å². The Morgan fingerprint density at radius 2 is 1.66 bits per heavy atom. The monoisotopic (exact) mass is 391 g/mol. The third kappa shape index (κ3) is 4.34. The molecule has 1 saturated heterocycles. The zero-order chi connectivity index (χ0) is 20.2. The van der Waals surface area contributed by atoms with Gasteiger partial charge in [-0.2, -0.15) is 0 Å². The van der Waals surface area contributed by atoms with Crippen molar-refractivity contribution in [2.45, 2.75) is 6.92 Å². The summed E-state index contributed by atoms with van der Waals surface area (Å²) in [5.74, 6) is 0.242. The minimum absolute atomic E-state index is 0.232. The van der Waals surface area contributed by atoms with Crippen molar-refractivity contribution in [1.82, 2.24) is 9.97 Å². The SMILES string of the molecule is Cc1ccccc1NC(=O)c1cc(N2CCN(c3ccc(F)cc3)CC2)ncn1. The molecule has 29 heavy (non-hydrogen) atoms. The number of rotatable bonds is 4. The van der Waals surface area contributed by atoms with Gasteiger partial charge in [0.25, 0.3) is 5.91 Å². The zero-order valence-electron chi connectivity index (χ0n) is 16.2. The molecule has 1 amide bonds. The molecule has 3 aromatic rings. The standard InChI is InChI=1S/C22H22FN5O/c1-16-4-2-3-5-19(16)26-22(29)20-14-21(25-15-24-20)28-12-10-27(11-13-28)18-8-6-17(23)7-9-18/h2-9,14-15H,10-13H2,1H3,(H,26,29). The van der Waals surface area contributed by atoms with Gasteiger partial charge in [-0.3, -0.25) is 4.79 Å². The minimum atomic E-state index is -0.257. The number of nitrogens with zero attached hydrogens (tertiary/aromatic N) is 4. The summed E-state index contributed by atoms with van der Waals surface area (Å²) >= 11 is 0. The van der Waals surface area contributed by atoms with E-state index in [4.69, 9.17) is 0 Å². The van der Waals surface area contributed by atoms with Gasteiger partial charge in [-0.25, -0.2) is 14.4 Å². The molecule has 0 atom stereocenters. The number of carbonyl (C=O) groups is 1. The molecule has 2 heterocycles. The molecule has 6 nitrogen and oxygen atoms in total. The maximum absolute atomic E-state index is 13.1. The fourth-order valence-corrected chi connectivity index (χ4v) is 3.39. The third-order valence-corrected chi connectivity index (χ3v) is 5.07. The highest BCUT2D eigenvalue weighted by Crippen LogP contribution is 2.20. The van der Waals surface area contributed by atoms with Gasteiger partial charge < -0.3 is 15.1 Å². The van der Waals surface area contributed by atoms with Crippen LogP contribution in [0, 0.1) is 12.7 Å². The van der Waals surface area contributed by atoms with E-state index >= 15 is 0 Å². The molecule has 2 aromatic carbocycles. The highest BCUT2D eigenvalue weighted by atomic mass is 19.1. The number of aromatic nitrogens is 2. The number of piperazine rings is 1. The van der Waals surface area contributed by atoms with Crippen LogP contribution in [0.3, 0.4) is 0 Å². The van der Waals surface area contributed by atoms with Gasteiger partial charge in [-0.1, -0.05) is 18.2 Å². The average molecular weight is 391 g/mol. The topological polar surface area (TPSA) is 61.4 Å². The first-order valence-electron chi connectivity index (χ1n) is 9.54. The number of hydrogen-bond acceptors (Lipinski definition) is 5. The molecular weight excluding hydrogens is 369 g/mol. The normalized spacial score (nSPS) is 14.0. The highest BCUT2D eigenvalue weighted by molar-refractivity contribution is 6.03. The van der Waals surface area contributed by atoms with Crippen molar-refractivity contribution in [3.05, 3.63) is 78.0 Å². The summed E-state index contributed by atoms with van der Waals surface area (Å²) in [6, 6.07) is 15.9. The summed E-state index contributed by atoms with van der Waals surface area (Å²) in [7, 11) is 0. The molecule has 1 aromatic heterocycles. The molecule has 0 radical (unpaired) electrons. The van der Waals surface area contributed by atoms with E-state index in [1.54, 1.807) is 18.2 Å². The number of hydrogen-bond donors (Lipinski definition) is 1. The predicted molar refractivity (Wildman–Crippen MR) is 112 cm³/mol. The molecule has 1 aliphatic rings. The number of aryl methyl sites for hydroxylation is 1. The Balaban J connectivity index is 1.42. The van der Waals surface area contributed by atoms with Crippen molar-refractivity contribution >= 4 is 23.1 Å². The van der Waals surface area contributed by atoms with Gasteiger partial charge in [0.2, 0.25) is 0 Å². The summed E-state index contributed by atoms with van der Waals surface area (Å²) in [5, 5.41) is 2.90. The van der Waals surface area contributed by atoms with E-state index in [2.05, 4.69) is 25.1 Å². The van der Waals surface area contributed by atoms with E-state index < -0.39 is 0 Å². The lowest BCUT2D eigenvalue weighted by Gasteiger charge is -2.36. The van der Waals surface area contributed by atoms with Gasteiger partial charge in [0.15, 0.2) is 0 Å². The lowest BCUT2D eigenvalue weighted by Crippen LogP contribution is -2.46. The molecule has 7 heteroatoms. The number of benzene rings is 2. The van der Waals surface area contributed by atoms with Crippen molar-refractivity contribution in [1.29, 1.82) is 0 Å². The first-order chi connectivity index (χ1) is 14.1.